The van der Waals surface area contributed by atoms with Crippen LogP contribution in [0.1, 0.15) is 51.2 Å². The fraction of sp³-hybridized carbons (Fsp3) is 0.667. The maximum atomic E-state index is 3.75. The van der Waals surface area contributed by atoms with Crippen LogP contribution in [0.15, 0.2) is 24.3 Å². The Bertz CT molecular complexity index is 385. The summed E-state index contributed by atoms with van der Waals surface area (Å²) in [6.45, 7) is 8.03. The molecule has 3 atom stereocenters. The average Bonchev–Trinajstić information content (AvgIpc) is 2.46. The van der Waals surface area contributed by atoms with E-state index < -0.39 is 0 Å². The van der Waals surface area contributed by atoms with Crippen LogP contribution in [0.4, 0.5) is 0 Å². The van der Waals surface area contributed by atoms with E-state index in [-0.39, 0.29) is 0 Å². The summed E-state index contributed by atoms with van der Waals surface area (Å²) >= 11 is 0. The van der Waals surface area contributed by atoms with Crippen molar-refractivity contribution in [3.8, 4) is 0 Å². The van der Waals surface area contributed by atoms with Gasteiger partial charge in [-0.15, -0.1) is 0 Å². The normalized spacial score (nSPS) is 21.7. The Morgan fingerprint density at radius 1 is 1.21 bits per heavy atom. The molecule has 3 unspecified atom stereocenters. The van der Waals surface area contributed by atoms with Gasteiger partial charge in [-0.1, -0.05) is 51.5 Å². The Balaban J connectivity index is 2.03. The lowest BCUT2D eigenvalue weighted by molar-refractivity contribution is 0.275. The average molecular weight is 259 g/mol. The van der Waals surface area contributed by atoms with Crippen LogP contribution in [-0.4, -0.2) is 12.6 Å². The highest BCUT2D eigenvalue weighted by Gasteiger charge is 2.26. The molecular formula is C18H29N. The van der Waals surface area contributed by atoms with Crippen molar-refractivity contribution in [2.24, 2.45) is 11.8 Å². The number of hydrogen-bond acceptors (Lipinski definition) is 1. The molecule has 106 valence electrons. The highest BCUT2D eigenvalue weighted by atomic mass is 14.9. The number of fused-ring (bicyclic) bond motifs is 1. The van der Waals surface area contributed by atoms with Gasteiger partial charge in [0, 0.05) is 6.04 Å². The van der Waals surface area contributed by atoms with Crippen molar-refractivity contribution in [1.29, 1.82) is 0 Å². The molecule has 1 aliphatic rings. The van der Waals surface area contributed by atoms with Gasteiger partial charge in [0.1, 0.15) is 0 Å². The summed E-state index contributed by atoms with van der Waals surface area (Å²) in [5.74, 6) is 1.66. The van der Waals surface area contributed by atoms with Gasteiger partial charge in [-0.25, -0.2) is 0 Å². The smallest absolute Gasteiger partial charge is 0.0101 e. The summed E-state index contributed by atoms with van der Waals surface area (Å²) < 4.78 is 0. The molecule has 0 amide bonds. The van der Waals surface area contributed by atoms with Crippen LogP contribution in [-0.2, 0) is 12.8 Å². The van der Waals surface area contributed by atoms with E-state index in [0.717, 1.165) is 18.4 Å². The number of aryl methyl sites for hydroxylation is 1. The molecule has 19 heavy (non-hydrogen) atoms. The number of nitrogens with one attached hydrogen (secondary N) is 1. The molecule has 0 saturated heterocycles. The molecule has 0 fully saturated rings. The zero-order valence-electron chi connectivity index (χ0n) is 12.8. The first-order valence-corrected chi connectivity index (χ1v) is 8.04. The van der Waals surface area contributed by atoms with E-state index in [0.29, 0.717) is 6.04 Å². The molecule has 0 aliphatic heterocycles. The summed E-state index contributed by atoms with van der Waals surface area (Å²) in [6, 6.07) is 9.71. The fourth-order valence-corrected chi connectivity index (χ4v) is 3.37. The number of hydrogen-bond donors (Lipinski definition) is 1. The van der Waals surface area contributed by atoms with Gasteiger partial charge in [-0.2, -0.15) is 0 Å². The van der Waals surface area contributed by atoms with Gasteiger partial charge in [-0.05, 0) is 55.2 Å². The van der Waals surface area contributed by atoms with Crippen molar-refractivity contribution in [3.63, 3.8) is 0 Å². The largest absolute Gasteiger partial charge is 0.314 e. The Kier molecular flexibility index (Phi) is 5.45. The first kappa shape index (κ1) is 14.6. The van der Waals surface area contributed by atoms with Crippen molar-refractivity contribution < 1.29 is 0 Å². The molecule has 0 aromatic heterocycles. The maximum Gasteiger partial charge on any atom is 0.0101 e. The zero-order chi connectivity index (χ0) is 13.7. The van der Waals surface area contributed by atoms with Crippen molar-refractivity contribution in [2.45, 2.75) is 58.9 Å². The van der Waals surface area contributed by atoms with Crippen molar-refractivity contribution in [1.82, 2.24) is 5.32 Å². The minimum Gasteiger partial charge on any atom is -0.314 e. The third-order valence-electron chi connectivity index (χ3n) is 4.77. The topological polar surface area (TPSA) is 12.0 Å². The second-order valence-electron chi connectivity index (χ2n) is 6.18. The van der Waals surface area contributed by atoms with Crippen LogP contribution < -0.4 is 5.32 Å². The number of rotatable bonds is 6. The van der Waals surface area contributed by atoms with Crippen molar-refractivity contribution in [3.05, 3.63) is 35.4 Å². The van der Waals surface area contributed by atoms with Gasteiger partial charge in [0.2, 0.25) is 0 Å². The molecule has 0 spiro atoms. The van der Waals surface area contributed by atoms with E-state index >= 15 is 0 Å². The molecule has 0 bridgehead atoms. The first-order valence-electron chi connectivity index (χ1n) is 8.04. The standard InChI is InChI=1S/C18H29N/c1-4-14(3)12-18(19-5-2)17-11-10-15-8-6-7-9-16(15)13-17/h6-9,14,17-19H,4-5,10-13H2,1-3H3. The summed E-state index contributed by atoms with van der Waals surface area (Å²) in [5, 5.41) is 3.75. The molecule has 1 aromatic rings. The van der Waals surface area contributed by atoms with Gasteiger partial charge < -0.3 is 5.32 Å². The lowest BCUT2D eigenvalue weighted by atomic mass is 9.77. The van der Waals surface area contributed by atoms with Crippen LogP contribution in [0.25, 0.3) is 0 Å². The molecule has 1 aromatic carbocycles. The summed E-state index contributed by atoms with van der Waals surface area (Å²) in [6.07, 6.45) is 6.51. The van der Waals surface area contributed by atoms with Crippen LogP contribution in [0.5, 0.6) is 0 Å². The molecule has 0 saturated carbocycles. The highest BCUT2D eigenvalue weighted by Crippen LogP contribution is 2.30. The highest BCUT2D eigenvalue weighted by molar-refractivity contribution is 5.30. The third kappa shape index (κ3) is 3.82. The van der Waals surface area contributed by atoms with E-state index in [1.807, 2.05) is 0 Å². The van der Waals surface area contributed by atoms with Crippen LogP contribution in [0.3, 0.4) is 0 Å². The van der Waals surface area contributed by atoms with E-state index in [1.54, 1.807) is 11.1 Å². The Labute approximate surface area is 118 Å². The Morgan fingerprint density at radius 3 is 2.63 bits per heavy atom. The van der Waals surface area contributed by atoms with Crippen LogP contribution >= 0.6 is 0 Å². The van der Waals surface area contributed by atoms with E-state index in [1.165, 1.54) is 32.1 Å². The molecule has 0 radical (unpaired) electrons. The van der Waals surface area contributed by atoms with Crippen molar-refractivity contribution >= 4 is 0 Å². The van der Waals surface area contributed by atoms with Gasteiger partial charge in [0.15, 0.2) is 0 Å². The monoisotopic (exact) mass is 259 g/mol. The lowest BCUT2D eigenvalue weighted by Crippen LogP contribution is -2.40. The van der Waals surface area contributed by atoms with Crippen LogP contribution in [0.2, 0.25) is 0 Å². The Hall–Kier alpha value is -0.820. The predicted molar refractivity (Wildman–Crippen MR) is 83.5 cm³/mol. The second-order valence-corrected chi connectivity index (χ2v) is 6.18. The minimum atomic E-state index is 0.702. The first-order chi connectivity index (χ1) is 9.24. The van der Waals surface area contributed by atoms with E-state index in [4.69, 9.17) is 0 Å². The van der Waals surface area contributed by atoms with Gasteiger partial charge >= 0.3 is 0 Å². The SMILES string of the molecule is CCNC(CC(C)CC)C1CCc2ccccc2C1. The molecule has 1 heteroatoms. The Morgan fingerprint density at radius 2 is 1.95 bits per heavy atom. The zero-order valence-corrected chi connectivity index (χ0v) is 12.8. The fourth-order valence-electron chi connectivity index (χ4n) is 3.37. The predicted octanol–water partition coefficient (Wildman–Crippen LogP) is 4.21. The van der Waals surface area contributed by atoms with Gasteiger partial charge in [0.25, 0.3) is 0 Å². The van der Waals surface area contributed by atoms with E-state index in [9.17, 15) is 0 Å². The minimum absolute atomic E-state index is 0.702. The summed E-state index contributed by atoms with van der Waals surface area (Å²) in [5.41, 5.74) is 3.17. The molecular weight excluding hydrogens is 230 g/mol. The molecule has 0 heterocycles. The lowest BCUT2D eigenvalue weighted by Gasteiger charge is -2.33. The molecule has 1 N–H and O–H groups in total. The summed E-state index contributed by atoms with van der Waals surface area (Å²) in [4.78, 5) is 0. The van der Waals surface area contributed by atoms with Crippen molar-refractivity contribution in [2.75, 3.05) is 6.54 Å². The second kappa shape index (κ2) is 7.09. The molecule has 1 nitrogen and oxygen atoms in total. The molecule has 2 rings (SSSR count). The van der Waals surface area contributed by atoms with E-state index in [2.05, 4.69) is 50.4 Å². The quantitative estimate of drug-likeness (QED) is 0.807. The summed E-state index contributed by atoms with van der Waals surface area (Å²) in [7, 11) is 0. The third-order valence-corrected chi connectivity index (χ3v) is 4.77. The van der Waals surface area contributed by atoms with Gasteiger partial charge in [0.05, 0.1) is 0 Å². The molecule has 1 aliphatic carbocycles. The van der Waals surface area contributed by atoms with Gasteiger partial charge in [-0.3, -0.25) is 0 Å². The maximum absolute atomic E-state index is 3.75. The van der Waals surface area contributed by atoms with Crippen LogP contribution in [0, 0.1) is 11.8 Å². The number of benzene rings is 1.